The summed E-state index contributed by atoms with van der Waals surface area (Å²) in [7, 11) is -3.52. The first-order chi connectivity index (χ1) is 13.9. The van der Waals surface area contributed by atoms with E-state index >= 15 is 0 Å². The topological polar surface area (TPSA) is 92.3 Å². The monoisotopic (exact) mass is 410 g/mol. The van der Waals surface area contributed by atoms with Gasteiger partial charge in [0.05, 0.1) is 22.1 Å². The van der Waals surface area contributed by atoms with E-state index in [9.17, 15) is 13.2 Å². The number of piperidine rings is 1. The van der Waals surface area contributed by atoms with Crippen LogP contribution in [0.25, 0.3) is 11.0 Å². The Morgan fingerprint density at radius 3 is 2.55 bits per heavy atom. The summed E-state index contributed by atoms with van der Waals surface area (Å²) in [5, 5.41) is 2.74. The van der Waals surface area contributed by atoms with Crippen LogP contribution in [0.4, 0.5) is 5.69 Å². The largest absolute Gasteiger partial charge is 0.321 e. The third-order valence-electron chi connectivity index (χ3n) is 5.05. The molecule has 1 aliphatic rings. The lowest BCUT2D eigenvalue weighted by Gasteiger charge is -2.30. The van der Waals surface area contributed by atoms with Crippen LogP contribution in [0.1, 0.15) is 30.3 Å². The fourth-order valence-corrected chi connectivity index (χ4v) is 5.08. The predicted molar refractivity (Wildman–Crippen MR) is 111 cm³/mol. The Morgan fingerprint density at radius 2 is 1.83 bits per heavy atom. The zero-order chi connectivity index (χ0) is 20.4. The molecule has 0 saturated carbocycles. The number of sulfonamides is 1. The number of benzene rings is 2. The van der Waals surface area contributed by atoms with E-state index < -0.39 is 15.9 Å². The van der Waals surface area contributed by atoms with Crippen LogP contribution >= 0.6 is 0 Å². The highest BCUT2D eigenvalue weighted by molar-refractivity contribution is 7.89. The summed E-state index contributed by atoms with van der Waals surface area (Å²) in [5.41, 5.74) is 2.04. The van der Waals surface area contributed by atoms with E-state index in [0.717, 1.165) is 12.8 Å². The van der Waals surface area contributed by atoms with Crippen LogP contribution in [-0.4, -0.2) is 41.7 Å². The molecule has 3 aromatic rings. The van der Waals surface area contributed by atoms with Crippen LogP contribution in [0.5, 0.6) is 0 Å². The molecule has 1 atom stereocenters. The Bertz CT molecular complexity index is 1150. The molecule has 2 aromatic carbocycles. The van der Waals surface area contributed by atoms with Gasteiger partial charge in [0.15, 0.2) is 0 Å². The van der Waals surface area contributed by atoms with Crippen molar-refractivity contribution < 1.29 is 13.2 Å². The van der Waals surface area contributed by atoms with Gasteiger partial charge in [0.25, 0.3) is 5.91 Å². The van der Waals surface area contributed by atoms with Gasteiger partial charge in [-0.1, -0.05) is 19.1 Å². The molecule has 1 aromatic heterocycles. The highest BCUT2D eigenvalue weighted by Crippen LogP contribution is 2.24. The molecule has 7 nitrogen and oxygen atoms in total. The summed E-state index contributed by atoms with van der Waals surface area (Å²) >= 11 is 0. The molecule has 1 aliphatic heterocycles. The number of hydrogen-bond acceptors (Lipinski definition) is 5. The molecule has 1 N–H and O–H groups in total. The van der Waals surface area contributed by atoms with Crippen molar-refractivity contribution in [2.75, 3.05) is 18.4 Å². The van der Waals surface area contributed by atoms with Crippen LogP contribution < -0.4 is 5.32 Å². The second kappa shape index (κ2) is 7.88. The highest BCUT2D eigenvalue weighted by atomic mass is 32.2. The molecule has 4 rings (SSSR count). The Hall–Kier alpha value is -2.84. The average Bonchev–Trinajstić information content (AvgIpc) is 2.74. The maximum absolute atomic E-state index is 12.8. The first-order valence-electron chi connectivity index (χ1n) is 9.57. The lowest BCUT2D eigenvalue weighted by atomic mass is 10.0. The Kier molecular flexibility index (Phi) is 5.29. The molecular formula is C21H22N4O3S. The van der Waals surface area contributed by atoms with Crippen molar-refractivity contribution in [2.24, 2.45) is 5.92 Å². The maximum atomic E-state index is 12.8. The fourth-order valence-electron chi connectivity index (χ4n) is 3.49. The number of anilines is 1. The number of carbonyl (C=O) groups is 1. The van der Waals surface area contributed by atoms with E-state index in [0.29, 0.717) is 35.7 Å². The van der Waals surface area contributed by atoms with Gasteiger partial charge in [-0.3, -0.25) is 9.78 Å². The van der Waals surface area contributed by atoms with Crippen LogP contribution in [-0.2, 0) is 10.0 Å². The van der Waals surface area contributed by atoms with Gasteiger partial charge in [0.1, 0.15) is 5.69 Å². The number of nitrogens with one attached hydrogen (secondary N) is 1. The van der Waals surface area contributed by atoms with Crippen molar-refractivity contribution in [2.45, 2.75) is 24.7 Å². The summed E-state index contributed by atoms with van der Waals surface area (Å²) in [6.45, 7) is 3.16. The van der Waals surface area contributed by atoms with E-state index in [2.05, 4.69) is 22.2 Å². The van der Waals surface area contributed by atoms with Crippen molar-refractivity contribution in [3.63, 3.8) is 0 Å². The van der Waals surface area contributed by atoms with Gasteiger partial charge >= 0.3 is 0 Å². The zero-order valence-electron chi connectivity index (χ0n) is 16.1. The zero-order valence-corrected chi connectivity index (χ0v) is 16.9. The van der Waals surface area contributed by atoms with Crippen LogP contribution in [0, 0.1) is 5.92 Å². The molecule has 1 unspecified atom stereocenters. The molecule has 150 valence electrons. The first kappa shape index (κ1) is 19.5. The highest BCUT2D eigenvalue weighted by Gasteiger charge is 2.28. The third kappa shape index (κ3) is 4.13. The molecule has 8 heteroatoms. The Balaban J connectivity index is 1.49. The summed E-state index contributed by atoms with van der Waals surface area (Å²) in [4.78, 5) is 21.3. The molecule has 2 heterocycles. The lowest BCUT2D eigenvalue weighted by Crippen LogP contribution is -2.39. The first-order valence-corrected chi connectivity index (χ1v) is 11.0. The van der Waals surface area contributed by atoms with E-state index in [1.54, 1.807) is 22.5 Å². The van der Waals surface area contributed by atoms with Gasteiger partial charge in [0.2, 0.25) is 10.0 Å². The van der Waals surface area contributed by atoms with E-state index in [1.807, 2.05) is 18.2 Å². The Morgan fingerprint density at radius 1 is 1.10 bits per heavy atom. The number of hydrogen-bond donors (Lipinski definition) is 1. The van der Waals surface area contributed by atoms with Crippen molar-refractivity contribution >= 4 is 32.7 Å². The standard InChI is InChI=1S/C21H22N4O3S/c1-15-5-4-12-25(14-15)29(27,28)17-10-8-16(9-11-17)23-21(26)20-13-22-18-6-2-3-7-19(18)24-20/h2-3,6-11,13,15H,4-5,12,14H2,1H3,(H,23,26). The van der Waals surface area contributed by atoms with E-state index in [-0.39, 0.29) is 10.6 Å². The number of rotatable bonds is 4. The predicted octanol–water partition coefficient (Wildman–Crippen LogP) is 3.30. The molecule has 0 radical (unpaired) electrons. The second-order valence-electron chi connectivity index (χ2n) is 7.33. The fraction of sp³-hybridized carbons (Fsp3) is 0.286. The number of para-hydroxylation sites is 2. The normalized spacial score (nSPS) is 17.9. The van der Waals surface area contributed by atoms with Crippen LogP contribution in [0.2, 0.25) is 0 Å². The minimum absolute atomic E-state index is 0.197. The van der Waals surface area contributed by atoms with Gasteiger partial charge in [0, 0.05) is 18.8 Å². The van der Waals surface area contributed by atoms with Crippen molar-refractivity contribution in [3.05, 3.63) is 60.4 Å². The lowest BCUT2D eigenvalue weighted by molar-refractivity contribution is 0.102. The number of nitrogens with zero attached hydrogens (tertiary/aromatic N) is 3. The molecule has 29 heavy (non-hydrogen) atoms. The summed E-state index contributed by atoms with van der Waals surface area (Å²) in [6.07, 6.45) is 3.35. The molecule has 0 spiro atoms. The van der Waals surface area contributed by atoms with E-state index in [4.69, 9.17) is 0 Å². The van der Waals surface area contributed by atoms with Crippen molar-refractivity contribution in [1.29, 1.82) is 0 Å². The van der Waals surface area contributed by atoms with Gasteiger partial charge in [-0.2, -0.15) is 4.31 Å². The SMILES string of the molecule is CC1CCCN(S(=O)(=O)c2ccc(NC(=O)c3cnc4ccccc4n3)cc2)C1. The molecule has 1 amide bonds. The quantitative estimate of drug-likeness (QED) is 0.712. The van der Waals surface area contributed by atoms with Gasteiger partial charge in [-0.05, 0) is 55.2 Å². The van der Waals surface area contributed by atoms with Gasteiger partial charge in [-0.25, -0.2) is 13.4 Å². The molecular weight excluding hydrogens is 388 g/mol. The van der Waals surface area contributed by atoms with Gasteiger partial charge in [-0.15, -0.1) is 0 Å². The number of carbonyl (C=O) groups excluding carboxylic acids is 1. The van der Waals surface area contributed by atoms with Crippen LogP contribution in [0.15, 0.2) is 59.6 Å². The average molecular weight is 410 g/mol. The van der Waals surface area contributed by atoms with Crippen molar-refractivity contribution in [3.8, 4) is 0 Å². The summed E-state index contributed by atoms with van der Waals surface area (Å²) < 4.78 is 27.2. The van der Waals surface area contributed by atoms with Gasteiger partial charge < -0.3 is 5.32 Å². The summed E-state index contributed by atoms with van der Waals surface area (Å²) in [5.74, 6) is -0.0381. The van der Waals surface area contributed by atoms with Crippen LogP contribution in [0.3, 0.4) is 0 Å². The van der Waals surface area contributed by atoms with Crippen molar-refractivity contribution in [1.82, 2.24) is 14.3 Å². The number of amides is 1. The maximum Gasteiger partial charge on any atom is 0.275 e. The number of aromatic nitrogens is 2. The third-order valence-corrected chi connectivity index (χ3v) is 6.93. The van der Waals surface area contributed by atoms with E-state index in [1.165, 1.54) is 18.3 Å². The smallest absolute Gasteiger partial charge is 0.275 e. The number of fused-ring (bicyclic) bond motifs is 1. The molecule has 0 aliphatic carbocycles. The summed E-state index contributed by atoms with van der Waals surface area (Å²) in [6, 6.07) is 13.5. The minimum atomic E-state index is -3.52. The molecule has 0 bridgehead atoms. The second-order valence-corrected chi connectivity index (χ2v) is 9.27. The molecule has 1 saturated heterocycles. The Labute approximate surface area is 169 Å². The molecule has 1 fully saturated rings. The minimum Gasteiger partial charge on any atom is -0.321 e.